The maximum atomic E-state index is 12.5. The highest BCUT2D eigenvalue weighted by molar-refractivity contribution is 5.40. The summed E-state index contributed by atoms with van der Waals surface area (Å²) in [6.45, 7) is 9.93. The Morgan fingerprint density at radius 2 is 1.86 bits per heavy atom. The van der Waals surface area contributed by atoms with E-state index < -0.39 is 0 Å². The van der Waals surface area contributed by atoms with Crippen LogP contribution < -0.4 is 10.5 Å². The van der Waals surface area contributed by atoms with Crippen molar-refractivity contribution in [3.63, 3.8) is 0 Å². The van der Waals surface area contributed by atoms with Gasteiger partial charge < -0.3 is 14.4 Å². The van der Waals surface area contributed by atoms with Crippen LogP contribution in [0.5, 0.6) is 0 Å². The number of likely N-dealkylation sites (N-methyl/N-ethyl adjacent to an activating group) is 1. The number of aromatic nitrogens is 2. The molecule has 0 amide bonds. The van der Waals surface area contributed by atoms with Crippen molar-refractivity contribution in [2.24, 2.45) is 0 Å². The zero-order valence-corrected chi connectivity index (χ0v) is 13.3. The zero-order valence-electron chi connectivity index (χ0n) is 13.3. The topological polar surface area (TPSA) is 44.6 Å². The van der Waals surface area contributed by atoms with Gasteiger partial charge in [-0.25, -0.2) is 4.98 Å². The third-order valence-electron chi connectivity index (χ3n) is 5.32. The van der Waals surface area contributed by atoms with Crippen molar-refractivity contribution in [2.45, 2.75) is 31.8 Å². The lowest BCUT2D eigenvalue weighted by Crippen LogP contribution is -2.64. The normalized spacial score (nSPS) is 24.5. The van der Waals surface area contributed by atoms with Gasteiger partial charge in [0.25, 0.3) is 5.56 Å². The van der Waals surface area contributed by atoms with Crippen molar-refractivity contribution in [3.05, 3.63) is 22.7 Å². The zero-order chi connectivity index (χ0) is 15.1. The van der Waals surface area contributed by atoms with E-state index in [2.05, 4.69) is 26.6 Å². The molecule has 0 unspecified atom stereocenters. The first kappa shape index (κ1) is 14.2. The Hall–Kier alpha value is -1.40. The van der Waals surface area contributed by atoms with Gasteiger partial charge in [0, 0.05) is 63.7 Å². The SMILES string of the molecule is CCN1CCN(C2CN(c3nccn(C4CC4)c3=O)C2)CC1. The molecule has 2 saturated heterocycles. The third-order valence-corrected chi connectivity index (χ3v) is 5.32. The minimum Gasteiger partial charge on any atom is -0.349 e. The van der Waals surface area contributed by atoms with E-state index in [9.17, 15) is 4.79 Å². The van der Waals surface area contributed by atoms with Gasteiger partial charge in [0.1, 0.15) is 0 Å². The summed E-state index contributed by atoms with van der Waals surface area (Å²) in [6.07, 6.45) is 5.88. The van der Waals surface area contributed by atoms with E-state index in [-0.39, 0.29) is 5.56 Å². The average molecular weight is 303 g/mol. The minimum absolute atomic E-state index is 0.0965. The number of nitrogens with zero attached hydrogens (tertiary/aromatic N) is 5. The molecule has 6 heteroatoms. The van der Waals surface area contributed by atoms with Crippen molar-refractivity contribution in [1.82, 2.24) is 19.4 Å². The summed E-state index contributed by atoms with van der Waals surface area (Å²) in [4.78, 5) is 24.1. The highest BCUT2D eigenvalue weighted by atomic mass is 16.1. The van der Waals surface area contributed by atoms with Crippen molar-refractivity contribution in [3.8, 4) is 0 Å². The van der Waals surface area contributed by atoms with Crippen molar-refractivity contribution in [2.75, 3.05) is 50.7 Å². The van der Waals surface area contributed by atoms with Gasteiger partial charge in [0.2, 0.25) is 0 Å². The molecular weight excluding hydrogens is 278 g/mol. The van der Waals surface area contributed by atoms with Gasteiger partial charge >= 0.3 is 0 Å². The number of hydrogen-bond donors (Lipinski definition) is 0. The van der Waals surface area contributed by atoms with Gasteiger partial charge in [-0.15, -0.1) is 0 Å². The quantitative estimate of drug-likeness (QED) is 0.806. The first-order chi connectivity index (χ1) is 10.8. The Morgan fingerprint density at radius 1 is 1.14 bits per heavy atom. The van der Waals surface area contributed by atoms with E-state index in [4.69, 9.17) is 0 Å². The number of anilines is 1. The van der Waals surface area contributed by atoms with E-state index in [1.807, 2.05) is 10.8 Å². The average Bonchev–Trinajstić information content (AvgIpc) is 3.33. The van der Waals surface area contributed by atoms with E-state index in [0.717, 1.165) is 45.6 Å². The van der Waals surface area contributed by atoms with Gasteiger partial charge in [0.15, 0.2) is 5.82 Å². The maximum absolute atomic E-state index is 12.5. The van der Waals surface area contributed by atoms with E-state index in [0.29, 0.717) is 17.9 Å². The monoisotopic (exact) mass is 303 g/mol. The molecule has 6 nitrogen and oxygen atoms in total. The molecule has 0 radical (unpaired) electrons. The van der Waals surface area contributed by atoms with Crippen molar-refractivity contribution < 1.29 is 0 Å². The summed E-state index contributed by atoms with van der Waals surface area (Å²) >= 11 is 0. The van der Waals surface area contributed by atoms with Gasteiger partial charge in [-0.05, 0) is 19.4 Å². The summed E-state index contributed by atoms with van der Waals surface area (Å²) in [5.41, 5.74) is 0.0965. The van der Waals surface area contributed by atoms with Crippen LogP contribution in [0.15, 0.2) is 17.2 Å². The molecule has 3 aliphatic rings. The molecule has 0 N–H and O–H groups in total. The molecular formula is C16H25N5O. The molecule has 0 aromatic carbocycles. The highest BCUT2D eigenvalue weighted by Gasteiger charge is 2.36. The molecule has 0 bridgehead atoms. The van der Waals surface area contributed by atoms with E-state index >= 15 is 0 Å². The molecule has 22 heavy (non-hydrogen) atoms. The Bertz CT molecular complexity index is 582. The van der Waals surface area contributed by atoms with E-state index in [1.165, 1.54) is 13.1 Å². The number of piperazine rings is 1. The second kappa shape index (κ2) is 5.66. The van der Waals surface area contributed by atoms with Crippen LogP contribution in [0.3, 0.4) is 0 Å². The summed E-state index contributed by atoms with van der Waals surface area (Å²) in [5, 5.41) is 0. The molecule has 1 aromatic heterocycles. The molecule has 1 aromatic rings. The fourth-order valence-corrected chi connectivity index (χ4v) is 3.58. The molecule has 120 valence electrons. The van der Waals surface area contributed by atoms with Crippen LogP contribution in [0.25, 0.3) is 0 Å². The molecule has 4 rings (SSSR count). The highest BCUT2D eigenvalue weighted by Crippen LogP contribution is 2.33. The maximum Gasteiger partial charge on any atom is 0.293 e. The van der Waals surface area contributed by atoms with Gasteiger partial charge in [-0.3, -0.25) is 9.69 Å². The van der Waals surface area contributed by atoms with Crippen LogP contribution in [0.4, 0.5) is 5.82 Å². The van der Waals surface area contributed by atoms with Gasteiger partial charge in [0.05, 0.1) is 0 Å². The van der Waals surface area contributed by atoms with Crippen LogP contribution in [-0.4, -0.2) is 71.2 Å². The van der Waals surface area contributed by atoms with E-state index in [1.54, 1.807) is 6.20 Å². The van der Waals surface area contributed by atoms with Gasteiger partial charge in [-0.2, -0.15) is 0 Å². The van der Waals surface area contributed by atoms with Crippen LogP contribution in [0.1, 0.15) is 25.8 Å². The molecule has 1 saturated carbocycles. The summed E-state index contributed by atoms with van der Waals surface area (Å²) in [7, 11) is 0. The van der Waals surface area contributed by atoms with Crippen LogP contribution >= 0.6 is 0 Å². The first-order valence-electron chi connectivity index (χ1n) is 8.54. The Balaban J connectivity index is 1.37. The molecule has 0 spiro atoms. The lowest BCUT2D eigenvalue weighted by atomic mass is 10.1. The largest absolute Gasteiger partial charge is 0.349 e. The first-order valence-corrected chi connectivity index (χ1v) is 8.54. The summed E-state index contributed by atoms with van der Waals surface area (Å²) in [5.74, 6) is 0.651. The lowest BCUT2D eigenvalue weighted by molar-refractivity contribution is 0.0858. The van der Waals surface area contributed by atoms with Crippen LogP contribution in [0.2, 0.25) is 0 Å². The van der Waals surface area contributed by atoms with Crippen molar-refractivity contribution in [1.29, 1.82) is 0 Å². The number of rotatable bonds is 4. The second-order valence-corrected chi connectivity index (χ2v) is 6.72. The molecule has 1 aliphatic carbocycles. The molecule has 2 aliphatic heterocycles. The van der Waals surface area contributed by atoms with Crippen LogP contribution in [0, 0.1) is 0 Å². The van der Waals surface area contributed by atoms with Crippen LogP contribution in [-0.2, 0) is 0 Å². The van der Waals surface area contributed by atoms with Gasteiger partial charge in [-0.1, -0.05) is 6.92 Å². The second-order valence-electron chi connectivity index (χ2n) is 6.72. The summed E-state index contributed by atoms with van der Waals surface area (Å²) in [6, 6.07) is 1.02. The predicted octanol–water partition coefficient (Wildman–Crippen LogP) is 0.404. The smallest absolute Gasteiger partial charge is 0.293 e. The Morgan fingerprint density at radius 3 is 2.50 bits per heavy atom. The predicted molar refractivity (Wildman–Crippen MR) is 86.5 cm³/mol. The molecule has 3 heterocycles. The Labute approximate surface area is 131 Å². The number of hydrogen-bond acceptors (Lipinski definition) is 5. The molecule has 3 fully saturated rings. The summed E-state index contributed by atoms with van der Waals surface area (Å²) < 4.78 is 1.87. The third kappa shape index (κ3) is 2.54. The lowest BCUT2D eigenvalue weighted by Gasteiger charge is -2.48. The Kier molecular flexibility index (Phi) is 3.66. The minimum atomic E-state index is 0.0965. The standard InChI is InChI=1S/C16H25N5O/c1-2-18-7-9-19(10-8-18)14-11-20(12-14)15-16(22)21(6-5-17-15)13-3-4-13/h5-6,13-14H,2-4,7-12H2,1H3. The molecule has 0 atom stereocenters. The fourth-order valence-electron chi connectivity index (χ4n) is 3.58. The fraction of sp³-hybridized carbons (Fsp3) is 0.750. The van der Waals surface area contributed by atoms with Crippen molar-refractivity contribution >= 4 is 5.82 Å².